The first kappa shape index (κ1) is 26.2. The number of hydrogen-bond acceptors (Lipinski definition) is 6. The highest BCUT2D eigenvalue weighted by atomic mass is 127. The second-order valence-corrected chi connectivity index (χ2v) is 11.2. The van der Waals surface area contributed by atoms with E-state index >= 15 is 0 Å². The van der Waals surface area contributed by atoms with Gasteiger partial charge in [-0.15, -0.1) is 0 Å². The average Bonchev–Trinajstić information content (AvgIpc) is 2.62. The molecule has 0 amide bonds. The molecule has 0 heterocycles. The third-order valence-electron chi connectivity index (χ3n) is 4.14. The first-order valence-electron chi connectivity index (χ1n) is 8.88. The van der Waals surface area contributed by atoms with Gasteiger partial charge in [-0.2, -0.15) is 0 Å². The van der Waals surface area contributed by atoms with E-state index in [0.29, 0.717) is 26.2 Å². The molecule has 1 atom stereocenters. The minimum Gasteiger partial charge on any atom is -0.324 e. The van der Waals surface area contributed by atoms with Gasteiger partial charge in [0.15, 0.2) is 0 Å². The van der Waals surface area contributed by atoms with Crippen LogP contribution in [0.1, 0.15) is 12.5 Å². The Kier molecular flexibility index (Phi) is 11.9. The van der Waals surface area contributed by atoms with Gasteiger partial charge in [0, 0.05) is 32.7 Å². The lowest BCUT2D eigenvalue weighted by atomic mass is 10.2. The molecule has 3 N–H and O–H groups in total. The number of likely N-dealkylation sites (N-methyl/N-ethyl adjacent to an activating group) is 2. The third-order valence-corrected chi connectivity index (χ3v) is 7.81. The Bertz CT molecular complexity index is 663. The third kappa shape index (κ3) is 12.0. The number of benzene rings is 1. The van der Waals surface area contributed by atoms with Crippen molar-refractivity contribution in [1.82, 2.24) is 14.7 Å². The summed E-state index contributed by atoms with van der Waals surface area (Å²) in [7, 11) is -6.27. The lowest BCUT2D eigenvalue weighted by molar-refractivity contribution is 0.197. The molecule has 1 aromatic rings. The summed E-state index contributed by atoms with van der Waals surface area (Å²) >= 11 is 1.42. The Hall–Kier alpha value is 0.130. The average molecular weight is 549 g/mol. The van der Waals surface area contributed by atoms with E-state index in [2.05, 4.69) is 26.8 Å². The van der Waals surface area contributed by atoms with Crippen molar-refractivity contribution in [3.63, 3.8) is 0 Å². The van der Waals surface area contributed by atoms with Crippen LogP contribution in [0.2, 0.25) is 0 Å². The molecule has 0 spiro atoms. The van der Waals surface area contributed by atoms with Crippen LogP contribution < -0.4 is 0 Å². The summed E-state index contributed by atoms with van der Waals surface area (Å²) in [5.74, 6) is 0. The fourth-order valence-electron chi connectivity index (χ4n) is 2.70. The second kappa shape index (κ2) is 12.7. The zero-order valence-corrected chi connectivity index (χ0v) is 20.2. The van der Waals surface area contributed by atoms with Crippen molar-refractivity contribution in [2.45, 2.75) is 13.5 Å². The molecule has 0 aliphatic rings. The molecule has 162 valence electrons. The highest BCUT2D eigenvalue weighted by Crippen LogP contribution is 2.44. The van der Waals surface area contributed by atoms with E-state index in [-0.39, 0.29) is 12.6 Å². The van der Waals surface area contributed by atoms with Gasteiger partial charge in [-0.1, -0.05) is 37.3 Å². The first-order chi connectivity index (χ1) is 13.0. The van der Waals surface area contributed by atoms with E-state index in [1.54, 1.807) is 11.9 Å². The van der Waals surface area contributed by atoms with Crippen LogP contribution in [0.5, 0.6) is 0 Å². The summed E-state index contributed by atoms with van der Waals surface area (Å²) in [5, 5.41) is 0. The van der Waals surface area contributed by atoms with E-state index in [0.717, 1.165) is 13.1 Å². The maximum absolute atomic E-state index is 12.0. The maximum Gasteiger partial charge on any atom is 0.351 e. The molecular weight excluding hydrogens is 519 g/mol. The summed E-state index contributed by atoms with van der Waals surface area (Å²) < 4.78 is 27.8. The first-order valence-corrected chi connectivity index (χ1v) is 13.3. The van der Waals surface area contributed by atoms with Crippen molar-refractivity contribution in [2.24, 2.45) is 0 Å². The Morgan fingerprint density at radius 3 is 2.07 bits per heavy atom. The van der Waals surface area contributed by atoms with Gasteiger partial charge in [0.25, 0.3) is 0 Å². The molecule has 9 nitrogen and oxygen atoms in total. The summed E-state index contributed by atoms with van der Waals surface area (Å²) in [6, 6.07) is 10.1. The van der Waals surface area contributed by atoms with Crippen LogP contribution in [-0.2, 0) is 18.5 Å². The topological polar surface area (TPSA) is 114 Å². The van der Waals surface area contributed by atoms with Crippen LogP contribution >= 0.6 is 38.2 Å². The monoisotopic (exact) mass is 549 g/mol. The predicted octanol–water partition coefficient (Wildman–Crippen LogP) is 2.39. The molecule has 1 aromatic carbocycles. The van der Waals surface area contributed by atoms with Gasteiger partial charge in [-0.05, 0) is 19.2 Å². The van der Waals surface area contributed by atoms with Gasteiger partial charge in [0.2, 0.25) is 0 Å². The molecule has 12 heteroatoms. The van der Waals surface area contributed by atoms with Crippen LogP contribution in [0.3, 0.4) is 0 Å². The quantitative estimate of drug-likeness (QED) is 0.238. The van der Waals surface area contributed by atoms with Crippen molar-refractivity contribution < 1.29 is 26.7 Å². The normalized spacial score (nSPS) is 14.8. The van der Waals surface area contributed by atoms with Crippen molar-refractivity contribution in [3.8, 4) is 0 Å². The lowest BCUT2D eigenvalue weighted by Gasteiger charge is -2.29. The van der Waals surface area contributed by atoms with Gasteiger partial charge < -0.3 is 14.7 Å². The van der Waals surface area contributed by atoms with Crippen molar-refractivity contribution in [2.75, 3.05) is 52.3 Å². The molecule has 1 unspecified atom stereocenters. The van der Waals surface area contributed by atoms with Crippen LogP contribution in [0.4, 0.5) is 0 Å². The van der Waals surface area contributed by atoms with Gasteiger partial charge in [-0.25, -0.2) is 2.85 Å². The van der Waals surface area contributed by atoms with Crippen molar-refractivity contribution in [3.05, 3.63) is 35.9 Å². The molecular formula is C16H30IN3O6P2. The fourth-order valence-corrected chi connectivity index (χ4v) is 4.67. The molecule has 0 fully saturated rings. The van der Waals surface area contributed by atoms with Crippen molar-refractivity contribution in [1.29, 1.82) is 0 Å². The minimum absolute atomic E-state index is 0.136. The van der Waals surface area contributed by atoms with E-state index in [1.165, 1.54) is 33.5 Å². The van der Waals surface area contributed by atoms with E-state index in [9.17, 15) is 14.0 Å². The van der Waals surface area contributed by atoms with E-state index in [1.807, 2.05) is 18.2 Å². The van der Waals surface area contributed by atoms with E-state index in [4.69, 9.17) is 9.79 Å². The molecule has 0 saturated carbocycles. The van der Waals surface area contributed by atoms with Gasteiger partial charge in [0.1, 0.15) is 35.6 Å². The highest BCUT2D eigenvalue weighted by Gasteiger charge is 2.24. The number of hydrogen-bond donors (Lipinski definition) is 3. The highest BCUT2D eigenvalue weighted by molar-refractivity contribution is 14.1. The molecule has 0 bridgehead atoms. The molecule has 0 aromatic heterocycles. The van der Waals surface area contributed by atoms with Gasteiger partial charge >= 0.3 is 15.2 Å². The fraction of sp³-hybridized carbons (Fsp3) is 0.625. The number of rotatable bonds is 14. The standard InChI is InChI=1S/C16H30IN3O6P2/c1-3-19(13-16-7-5-4-6-8-16)11-12-20(15-28(24,25)26-17)10-9-18(2)14-27(21,22)23/h4-8H,3,9-15H2,1-2H3,(H,24,25)(H2,21,22,23). The summed E-state index contributed by atoms with van der Waals surface area (Å²) in [4.78, 5) is 33.5. The predicted molar refractivity (Wildman–Crippen MR) is 118 cm³/mol. The zero-order valence-electron chi connectivity index (χ0n) is 16.2. The largest absolute Gasteiger partial charge is 0.351 e. The van der Waals surface area contributed by atoms with Crippen molar-refractivity contribution >= 4 is 38.2 Å². The smallest absolute Gasteiger partial charge is 0.324 e. The molecule has 28 heavy (non-hydrogen) atoms. The van der Waals surface area contributed by atoms with E-state index < -0.39 is 15.2 Å². The molecule has 0 aliphatic heterocycles. The Morgan fingerprint density at radius 2 is 1.54 bits per heavy atom. The molecule has 0 saturated heterocycles. The minimum atomic E-state index is -4.13. The maximum atomic E-state index is 12.0. The van der Waals surface area contributed by atoms with Crippen LogP contribution in [0.25, 0.3) is 0 Å². The Morgan fingerprint density at radius 1 is 0.964 bits per heavy atom. The lowest BCUT2D eigenvalue weighted by Crippen LogP contribution is -2.39. The SMILES string of the molecule is CCN(CCN(CCN(C)CP(=O)(O)O)CP(=O)(O)OI)Cc1ccccc1. The summed E-state index contributed by atoms with van der Waals surface area (Å²) in [6.07, 6.45) is -0.488. The van der Waals surface area contributed by atoms with Crippen LogP contribution in [-0.4, -0.2) is 81.7 Å². The number of nitrogens with zero attached hydrogens (tertiary/aromatic N) is 3. The summed E-state index contributed by atoms with van der Waals surface area (Å²) in [6.45, 7) is 5.65. The van der Waals surface area contributed by atoms with Crippen LogP contribution in [0.15, 0.2) is 30.3 Å². The number of halogens is 1. The molecule has 1 rings (SSSR count). The second-order valence-electron chi connectivity index (χ2n) is 6.71. The van der Waals surface area contributed by atoms with Crippen LogP contribution in [0, 0.1) is 0 Å². The molecule has 0 radical (unpaired) electrons. The Balaban J connectivity index is 2.65. The molecule has 0 aliphatic carbocycles. The Labute approximate surface area is 181 Å². The van der Waals surface area contributed by atoms with Gasteiger partial charge in [0.05, 0.1) is 0 Å². The summed E-state index contributed by atoms with van der Waals surface area (Å²) in [5.41, 5.74) is 1.20. The van der Waals surface area contributed by atoms with Gasteiger partial charge in [-0.3, -0.25) is 23.8 Å². The zero-order chi connectivity index (χ0) is 21.2.